The van der Waals surface area contributed by atoms with Crippen molar-refractivity contribution in [3.8, 4) is 0 Å². The van der Waals surface area contributed by atoms with Crippen LogP contribution in [0.3, 0.4) is 0 Å². The summed E-state index contributed by atoms with van der Waals surface area (Å²) in [5, 5.41) is 46.8. The van der Waals surface area contributed by atoms with Crippen molar-refractivity contribution in [2.75, 3.05) is 26.9 Å². The Labute approximate surface area is 265 Å². The zero-order valence-corrected chi connectivity index (χ0v) is 25.2. The van der Waals surface area contributed by atoms with Crippen molar-refractivity contribution in [3.63, 3.8) is 0 Å². The summed E-state index contributed by atoms with van der Waals surface area (Å²) < 4.78 is 40.6. The minimum atomic E-state index is -2.60. The van der Waals surface area contributed by atoms with E-state index in [1.165, 1.54) is 6.08 Å². The van der Waals surface area contributed by atoms with Gasteiger partial charge in [-0.2, -0.15) is 0 Å². The second-order valence-corrected chi connectivity index (χ2v) is 10.6. The molecule has 2 heterocycles. The number of ether oxygens (including phenoxy) is 7. The van der Waals surface area contributed by atoms with Crippen LogP contribution in [-0.2, 0) is 51.2 Å². The molecule has 0 unspecified atom stereocenters. The van der Waals surface area contributed by atoms with Gasteiger partial charge in [-0.3, -0.25) is 0 Å². The summed E-state index contributed by atoms with van der Waals surface area (Å²) in [5.74, 6) is -3.81. The van der Waals surface area contributed by atoms with E-state index < -0.39 is 73.4 Å². The first kappa shape index (κ1) is 35.4. The minimum Gasteiger partial charge on any atom is -0.465 e. The molecule has 0 saturated carbocycles. The van der Waals surface area contributed by atoms with Gasteiger partial charge in [0.15, 0.2) is 6.29 Å². The lowest BCUT2D eigenvalue weighted by atomic mass is 9.89. The van der Waals surface area contributed by atoms with Crippen molar-refractivity contribution in [1.29, 1.82) is 0 Å². The fraction of sp³-hybridized carbons (Fsp3) is 0.516. The fourth-order valence-corrected chi connectivity index (χ4v) is 5.26. The minimum absolute atomic E-state index is 0.0704. The van der Waals surface area contributed by atoms with Crippen LogP contribution in [0.15, 0.2) is 78.4 Å². The summed E-state index contributed by atoms with van der Waals surface area (Å²) in [6.45, 7) is 2.42. The molecule has 2 aliphatic rings. The second kappa shape index (κ2) is 16.9. The molecular formula is C31H39N3O12. The number of carbonyl (C=O) groups excluding carboxylic acids is 1. The molecule has 2 aromatic rings. The van der Waals surface area contributed by atoms with Crippen LogP contribution >= 0.6 is 0 Å². The maximum Gasteiger partial charge on any atom is 0.369 e. The molecule has 0 bridgehead atoms. The summed E-state index contributed by atoms with van der Waals surface area (Å²) in [7, 11) is 1.02. The molecule has 0 aromatic heterocycles. The number of aliphatic hydroxyl groups excluding tert-OH is 4. The number of benzene rings is 2. The molecule has 2 aliphatic heterocycles. The number of aliphatic hydroxyl groups is 4. The molecule has 2 saturated heterocycles. The first-order chi connectivity index (χ1) is 22.3. The highest BCUT2D eigenvalue weighted by Gasteiger charge is 2.62. The Balaban J connectivity index is 1.64. The Kier molecular flexibility index (Phi) is 13.0. The smallest absolute Gasteiger partial charge is 0.369 e. The Morgan fingerprint density at radius 1 is 1.07 bits per heavy atom. The second-order valence-electron chi connectivity index (χ2n) is 10.6. The highest BCUT2D eigenvalue weighted by molar-refractivity contribution is 5.79. The molecule has 0 aliphatic carbocycles. The van der Waals surface area contributed by atoms with Crippen LogP contribution in [0.5, 0.6) is 0 Å². The number of azide groups is 1. The van der Waals surface area contributed by atoms with Gasteiger partial charge in [0, 0.05) is 4.91 Å². The first-order valence-corrected chi connectivity index (χ1v) is 14.6. The highest BCUT2D eigenvalue weighted by atomic mass is 16.8. The molecule has 10 atom stereocenters. The molecule has 2 fully saturated rings. The quantitative estimate of drug-likeness (QED) is 0.0706. The van der Waals surface area contributed by atoms with Crippen molar-refractivity contribution in [3.05, 3.63) is 94.9 Å². The molecule has 15 nitrogen and oxygen atoms in total. The average molecular weight is 646 g/mol. The highest BCUT2D eigenvalue weighted by Crippen LogP contribution is 2.36. The van der Waals surface area contributed by atoms with Crippen LogP contribution in [0, 0.1) is 0 Å². The van der Waals surface area contributed by atoms with Crippen molar-refractivity contribution >= 4 is 5.97 Å². The number of hydrogen-bond donors (Lipinski definition) is 4. The Hall–Kier alpha value is -3.44. The monoisotopic (exact) mass is 645 g/mol. The van der Waals surface area contributed by atoms with Crippen LogP contribution in [0.4, 0.5) is 0 Å². The van der Waals surface area contributed by atoms with Crippen molar-refractivity contribution in [2.45, 2.75) is 74.1 Å². The molecule has 2 aromatic carbocycles. The van der Waals surface area contributed by atoms with E-state index in [1.807, 2.05) is 60.7 Å². The van der Waals surface area contributed by atoms with Gasteiger partial charge in [-0.25, -0.2) is 4.79 Å². The maximum absolute atomic E-state index is 12.8. The van der Waals surface area contributed by atoms with Gasteiger partial charge in [0.2, 0.25) is 0 Å². The number of nitrogens with zero attached hydrogens (tertiary/aromatic N) is 3. The fourth-order valence-electron chi connectivity index (χ4n) is 5.26. The lowest BCUT2D eigenvalue weighted by Gasteiger charge is -2.48. The molecule has 4 rings (SSSR count). The summed E-state index contributed by atoms with van der Waals surface area (Å²) >= 11 is 0. The number of esters is 1. The van der Waals surface area contributed by atoms with Gasteiger partial charge in [-0.15, -0.1) is 6.58 Å². The predicted molar refractivity (Wildman–Crippen MR) is 158 cm³/mol. The van der Waals surface area contributed by atoms with Gasteiger partial charge >= 0.3 is 5.97 Å². The van der Waals surface area contributed by atoms with Crippen LogP contribution in [0.2, 0.25) is 0 Å². The molecule has 46 heavy (non-hydrogen) atoms. The average Bonchev–Trinajstić information content (AvgIpc) is 3.09. The van der Waals surface area contributed by atoms with Crippen LogP contribution < -0.4 is 0 Å². The molecule has 0 amide bonds. The number of carbonyl (C=O) groups is 1. The van der Waals surface area contributed by atoms with E-state index >= 15 is 0 Å². The molecule has 4 N–H and O–H groups in total. The zero-order valence-electron chi connectivity index (χ0n) is 25.2. The Bertz CT molecular complexity index is 1300. The van der Waals surface area contributed by atoms with E-state index in [2.05, 4.69) is 16.6 Å². The van der Waals surface area contributed by atoms with E-state index in [9.17, 15) is 30.8 Å². The van der Waals surface area contributed by atoms with E-state index in [-0.39, 0.29) is 26.4 Å². The number of hydrogen-bond acceptors (Lipinski definition) is 13. The van der Waals surface area contributed by atoms with E-state index in [0.717, 1.165) is 18.2 Å². The first-order valence-electron chi connectivity index (χ1n) is 14.6. The molecule has 15 heteroatoms. The third-order valence-corrected chi connectivity index (χ3v) is 7.62. The zero-order chi connectivity index (χ0) is 33.1. The third kappa shape index (κ3) is 8.09. The largest absolute Gasteiger partial charge is 0.465 e. The van der Waals surface area contributed by atoms with Crippen LogP contribution in [0.1, 0.15) is 11.1 Å². The topological polar surface area (TPSA) is 211 Å². The third-order valence-electron chi connectivity index (χ3n) is 7.62. The standard InChI is InChI=1S/C31H39N3O12/c1-3-14-44-31(30(39)40-2)28(38)24(37)23(36)26(46-31)22(15-35)45-29-27(42-17-20-12-8-5-9-13-20)25(21(18-43-29)33-34-32)41-16-19-10-6-4-7-11-19/h3-13,21-29,35-38H,1,14-18H2,2H3/t21-,22+,23+,24-,25-,26+,27+,28-,29+,31+/m0/s1. The van der Waals surface area contributed by atoms with Gasteiger partial charge in [0.05, 0.1) is 52.3 Å². The Morgan fingerprint density at radius 2 is 1.67 bits per heavy atom. The lowest BCUT2D eigenvalue weighted by molar-refractivity contribution is -0.371. The van der Waals surface area contributed by atoms with Crippen molar-refractivity contribution in [1.82, 2.24) is 0 Å². The summed E-state index contributed by atoms with van der Waals surface area (Å²) in [6, 6.07) is 17.7. The number of rotatable bonds is 15. The van der Waals surface area contributed by atoms with Gasteiger partial charge in [0.1, 0.15) is 36.6 Å². The lowest BCUT2D eigenvalue weighted by Crippen LogP contribution is -2.71. The number of methoxy groups -OCH3 is 1. The van der Waals surface area contributed by atoms with E-state index in [4.69, 9.17) is 33.2 Å². The Morgan fingerprint density at radius 3 is 2.22 bits per heavy atom. The van der Waals surface area contributed by atoms with Crippen molar-refractivity contribution < 1.29 is 58.4 Å². The normalized spacial score (nSPS) is 31.8. The van der Waals surface area contributed by atoms with Crippen LogP contribution in [-0.4, -0.2) is 114 Å². The van der Waals surface area contributed by atoms with E-state index in [1.54, 1.807) is 0 Å². The SMILES string of the molecule is C=CCO[C@@]1(C(=O)OC)O[C@H]([C@@H](CO)O[C@H]2OC[C@H](N=[N+]=[N-])[C@H](OCc3ccccc3)[C@H]2OCc2ccccc2)[C@H](O)[C@H](O)[C@@H]1O. The summed E-state index contributed by atoms with van der Waals surface area (Å²) in [5.41, 5.74) is 10.9. The van der Waals surface area contributed by atoms with Gasteiger partial charge in [-0.05, 0) is 16.7 Å². The molecule has 250 valence electrons. The van der Waals surface area contributed by atoms with Gasteiger partial charge in [-0.1, -0.05) is 71.9 Å². The molecular weight excluding hydrogens is 606 g/mol. The maximum atomic E-state index is 12.8. The van der Waals surface area contributed by atoms with Gasteiger partial charge in [0.25, 0.3) is 5.79 Å². The van der Waals surface area contributed by atoms with E-state index in [0.29, 0.717) is 0 Å². The summed E-state index contributed by atoms with van der Waals surface area (Å²) in [6.07, 6.45) is -11.1. The van der Waals surface area contributed by atoms with Gasteiger partial charge < -0.3 is 53.6 Å². The summed E-state index contributed by atoms with van der Waals surface area (Å²) in [4.78, 5) is 15.8. The van der Waals surface area contributed by atoms with Crippen LogP contribution in [0.25, 0.3) is 10.4 Å². The molecule has 0 spiro atoms. The predicted octanol–water partition coefficient (Wildman–Crippen LogP) is 1.12. The van der Waals surface area contributed by atoms with Crippen molar-refractivity contribution in [2.24, 2.45) is 5.11 Å². The molecule has 0 radical (unpaired) electrons.